The summed E-state index contributed by atoms with van der Waals surface area (Å²) in [4.78, 5) is 2.31. The Labute approximate surface area is 153 Å². The van der Waals surface area contributed by atoms with E-state index in [1.807, 2.05) is 24.3 Å². The van der Waals surface area contributed by atoms with Gasteiger partial charge in [-0.25, -0.2) is 0 Å². The number of hydrogen-bond acceptors (Lipinski definition) is 3. The maximum Gasteiger partial charge on any atom is 0.119 e. The highest BCUT2D eigenvalue weighted by molar-refractivity contribution is 6.35. The van der Waals surface area contributed by atoms with E-state index in [9.17, 15) is 5.11 Å². The number of likely N-dealkylation sites (N-methyl/N-ethyl adjacent to an activating group) is 1. The third-order valence-corrected chi connectivity index (χ3v) is 4.59. The van der Waals surface area contributed by atoms with Gasteiger partial charge in [0.2, 0.25) is 0 Å². The summed E-state index contributed by atoms with van der Waals surface area (Å²) in [7, 11) is 0. The third-order valence-electron chi connectivity index (χ3n) is 4.02. The zero-order chi connectivity index (χ0) is 17.5. The van der Waals surface area contributed by atoms with E-state index in [1.54, 1.807) is 18.2 Å². The fraction of sp³-hybridized carbons (Fsp3) is 0.368. The van der Waals surface area contributed by atoms with E-state index in [0.29, 0.717) is 22.2 Å². The summed E-state index contributed by atoms with van der Waals surface area (Å²) < 4.78 is 5.75. The first-order valence-corrected chi connectivity index (χ1v) is 8.88. The van der Waals surface area contributed by atoms with Gasteiger partial charge in [-0.3, -0.25) is 0 Å². The quantitative estimate of drug-likeness (QED) is 0.727. The Kier molecular flexibility index (Phi) is 7.38. The van der Waals surface area contributed by atoms with Crippen molar-refractivity contribution in [2.45, 2.75) is 20.0 Å². The van der Waals surface area contributed by atoms with Gasteiger partial charge in [-0.2, -0.15) is 0 Å². The molecule has 0 saturated carbocycles. The van der Waals surface area contributed by atoms with Crippen LogP contribution in [0.5, 0.6) is 5.75 Å². The Morgan fingerprint density at radius 2 is 1.71 bits per heavy atom. The lowest BCUT2D eigenvalue weighted by Gasteiger charge is -2.18. The topological polar surface area (TPSA) is 32.7 Å². The lowest BCUT2D eigenvalue weighted by molar-refractivity contribution is 0.218. The van der Waals surface area contributed by atoms with E-state index in [2.05, 4.69) is 18.7 Å². The number of benzene rings is 2. The van der Waals surface area contributed by atoms with Gasteiger partial charge in [0.15, 0.2) is 0 Å². The molecule has 0 aliphatic carbocycles. The molecule has 24 heavy (non-hydrogen) atoms. The van der Waals surface area contributed by atoms with Gasteiger partial charge >= 0.3 is 0 Å². The zero-order valence-electron chi connectivity index (χ0n) is 14.0. The van der Waals surface area contributed by atoms with Gasteiger partial charge in [0.1, 0.15) is 18.5 Å². The minimum atomic E-state index is -0.792. The number of nitrogens with zero attached hydrogens (tertiary/aromatic N) is 1. The van der Waals surface area contributed by atoms with Crippen LogP contribution in [0.3, 0.4) is 0 Å². The van der Waals surface area contributed by atoms with Crippen LogP contribution in [0.2, 0.25) is 10.0 Å². The molecule has 0 aromatic heterocycles. The lowest BCUT2D eigenvalue weighted by atomic mass is 10.0. The van der Waals surface area contributed by atoms with Crippen LogP contribution in [0, 0.1) is 0 Å². The number of rotatable bonds is 8. The molecule has 0 spiro atoms. The molecule has 0 amide bonds. The van der Waals surface area contributed by atoms with Crippen molar-refractivity contribution in [2.24, 2.45) is 0 Å². The van der Waals surface area contributed by atoms with Crippen molar-refractivity contribution in [1.29, 1.82) is 0 Å². The minimum Gasteiger partial charge on any atom is -0.492 e. The standard InChI is InChI=1S/C19H23Cl2NO2/c1-3-22(4-2)11-12-24-16-8-5-14(6-9-16)19(23)17-10-7-15(20)13-18(17)21/h5-10,13,19,23H,3-4,11-12H2,1-2H3. The molecule has 1 atom stereocenters. The van der Waals surface area contributed by atoms with Crippen molar-refractivity contribution in [3.8, 4) is 5.75 Å². The van der Waals surface area contributed by atoms with Gasteiger partial charge in [0, 0.05) is 22.2 Å². The van der Waals surface area contributed by atoms with Crippen molar-refractivity contribution >= 4 is 23.2 Å². The first-order valence-electron chi connectivity index (χ1n) is 8.13. The van der Waals surface area contributed by atoms with E-state index < -0.39 is 6.10 Å². The largest absolute Gasteiger partial charge is 0.492 e. The Hall–Kier alpha value is -1.26. The molecule has 2 rings (SSSR count). The molecule has 0 heterocycles. The molecule has 0 aliphatic rings. The average Bonchev–Trinajstić information content (AvgIpc) is 2.59. The highest BCUT2D eigenvalue weighted by Gasteiger charge is 2.14. The van der Waals surface area contributed by atoms with Crippen LogP contribution < -0.4 is 4.74 Å². The molecule has 3 nitrogen and oxygen atoms in total. The third kappa shape index (κ3) is 5.12. The molecule has 0 fully saturated rings. The number of aliphatic hydroxyl groups excluding tert-OH is 1. The Morgan fingerprint density at radius 1 is 1.04 bits per heavy atom. The van der Waals surface area contributed by atoms with Crippen LogP contribution in [0.15, 0.2) is 42.5 Å². The van der Waals surface area contributed by atoms with E-state index in [-0.39, 0.29) is 0 Å². The number of ether oxygens (including phenoxy) is 1. The summed E-state index contributed by atoms with van der Waals surface area (Å²) in [5, 5.41) is 11.5. The molecule has 1 N–H and O–H groups in total. The predicted octanol–water partition coefficient (Wildman–Crippen LogP) is 4.80. The lowest BCUT2D eigenvalue weighted by Crippen LogP contribution is -2.27. The van der Waals surface area contributed by atoms with Gasteiger partial charge < -0.3 is 14.7 Å². The van der Waals surface area contributed by atoms with Crippen molar-refractivity contribution < 1.29 is 9.84 Å². The van der Waals surface area contributed by atoms with Crippen LogP contribution >= 0.6 is 23.2 Å². The molecular weight excluding hydrogens is 345 g/mol. The Balaban J connectivity index is 1.98. The van der Waals surface area contributed by atoms with Gasteiger partial charge in [-0.05, 0) is 42.9 Å². The van der Waals surface area contributed by atoms with Crippen molar-refractivity contribution in [3.63, 3.8) is 0 Å². The van der Waals surface area contributed by atoms with Gasteiger partial charge in [0.05, 0.1) is 0 Å². The zero-order valence-corrected chi connectivity index (χ0v) is 15.5. The molecule has 0 saturated heterocycles. The van der Waals surface area contributed by atoms with Crippen LogP contribution in [0.25, 0.3) is 0 Å². The number of halogens is 2. The van der Waals surface area contributed by atoms with E-state index in [0.717, 1.165) is 30.9 Å². The fourth-order valence-corrected chi connectivity index (χ4v) is 2.99. The SMILES string of the molecule is CCN(CC)CCOc1ccc(C(O)c2ccc(Cl)cc2Cl)cc1. The van der Waals surface area contributed by atoms with Gasteiger partial charge in [0.25, 0.3) is 0 Å². The second-order valence-corrected chi connectivity index (χ2v) is 6.36. The van der Waals surface area contributed by atoms with Crippen LogP contribution in [0.4, 0.5) is 0 Å². The highest BCUT2D eigenvalue weighted by atomic mass is 35.5. The maximum atomic E-state index is 10.5. The highest BCUT2D eigenvalue weighted by Crippen LogP contribution is 2.31. The maximum absolute atomic E-state index is 10.5. The molecular formula is C19H23Cl2NO2. The summed E-state index contributed by atoms with van der Waals surface area (Å²) in [6.45, 7) is 7.87. The van der Waals surface area contributed by atoms with E-state index in [4.69, 9.17) is 27.9 Å². The van der Waals surface area contributed by atoms with Crippen molar-refractivity contribution in [3.05, 3.63) is 63.6 Å². The molecule has 0 aliphatic heterocycles. The molecule has 130 valence electrons. The average molecular weight is 368 g/mol. The van der Waals surface area contributed by atoms with Crippen molar-refractivity contribution in [2.75, 3.05) is 26.2 Å². The smallest absolute Gasteiger partial charge is 0.119 e. The molecule has 0 bridgehead atoms. The first-order chi connectivity index (χ1) is 11.5. The molecule has 2 aromatic rings. The molecule has 2 aromatic carbocycles. The van der Waals surface area contributed by atoms with Crippen LogP contribution in [-0.2, 0) is 0 Å². The van der Waals surface area contributed by atoms with Crippen LogP contribution in [0.1, 0.15) is 31.1 Å². The predicted molar refractivity (Wildman–Crippen MR) is 100 cm³/mol. The van der Waals surface area contributed by atoms with E-state index in [1.165, 1.54) is 0 Å². The second kappa shape index (κ2) is 9.28. The minimum absolute atomic E-state index is 0.453. The summed E-state index contributed by atoms with van der Waals surface area (Å²) in [5.74, 6) is 0.792. The van der Waals surface area contributed by atoms with Crippen LogP contribution in [-0.4, -0.2) is 36.2 Å². The normalized spacial score (nSPS) is 12.4. The summed E-state index contributed by atoms with van der Waals surface area (Å²) in [6.07, 6.45) is -0.792. The molecule has 1 unspecified atom stereocenters. The molecule has 5 heteroatoms. The van der Waals surface area contributed by atoms with Gasteiger partial charge in [-0.1, -0.05) is 55.2 Å². The van der Waals surface area contributed by atoms with E-state index >= 15 is 0 Å². The monoisotopic (exact) mass is 367 g/mol. The number of hydrogen-bond donors (Lipinski definition) is 1. The fourth-order valence-electron chi connectivity index (χ4n) is 2.48. The van der Waals surface area contributed by atoms with Gasteiger partial charge in [-0.15, -0.1) is 0 Å². The van der Waals surface area contributed by atoms with Crippen molar-refractivity contribution in [1.82, 2.24) is 4.90 Å². The summed E-state index contributed by atoms with van der Waals surface area (Å²) in [5.41, 5.74) is 1.39. The summed E-state index contributed by atoms with van der Waals surface area (Å²) in [6, 6.07) is 12.5. The Morgan fingerprint density at radius 3 is 2.29 bits per heavy atom. The number of aliphatic hydroxyl groups is 1. The first kappa shape index (κ1) is 19.1. The Bertz CT molecular complexity index is 642. The summed E-state index contributed by atoms with van der Waals surface area (Å²) >= 11 is 12.1. The second-order valence-electron chi connectivity index (χ2n) is 5.51. The molecule has 0 radical (unpaired) electrons.